The number of anilines is 2. The quantitative estimate of drug-likeness (QED) is 0.301. The summed E-state index contributed by atoms with van der Waals surface area (Å²) in [4.78, 5) is 26.8. The van der Waals surface area contributed by atoms with Crippen molar-refractivity contribution in [2.45, 2.75) is 18.9 Å². The maximum Gasteiger partial charge on any atom is 0.261 e. The molecule has 1 atom stereocenters. The lowest BCUT2D eigenvalue weighted by atomic mass is 9.83. The van der Waals surface area contributed by atoms with Gasteiger partial charge >= 0.3 is 0 Å². The van der Waals surface area contributed by atoms with Gasteiger partial charge in [-0.05, 0) is 56.1 Å². The molecule has 9 heteroatoms. The summed E-state index contributed by atoms with van der Waals surface area (Å²) in [5.74, 6) is 0.609. The lowest BCUT2D eigenvalue weighted by Gasteiger charge is -2.45. The topological polar surface area (TPSA) is 115 Å². The number of para-hydroxylation sites is 2. The first-order chi connectivity index (χ1) is 16.6. The Bertz CT molecular complexity index is 1390. The van der Waals surface area contributed by atoms with Crippen LogP contribution in [0.1, 0.15) is 12.8 Å². The summed E-state index contributed by atoms with van der Waals surface area (Å²) >= 11 is 0. The van der Waals surface area contributed by atoms with Crippen LogP contribution < -0.4 is 21.9 Å². The predicted molar refractivity (Wildman–Crippen MR) is 134 cm³/mol. The molecule has 3 aliphatic rings. The minimum atomic E-state index is -0.388. The van der Waals surface area contributed by atoms with E-state index in [0.29, 0.717) is 52.7 Å². The van der Waals surface area contributed by atoms with Gasteiger partial charge in [0.1, 0.15) is 17.2 Å². The number of nitrogens with zero attached hydrogens (tertiary/aromatic N) is 2. The zero-order chi connectivity index (χ0) is 23.2. The number of aromatic amines is 2. The van der Waals surface area contributed by atoms with E-state index in [2.05, 4.69) is 30.5 Å². The Balaban J connectivity index is 1.54. The average molecular weight is 462 g/mol. The highest BCUT2D eigenvalue weighted by Crippen LogP contribution is 2.37. The number of nitrogens with one attached hydrogen (secondary N) is 4. The Hall–Kier alpha value is -3.43. The van der Waals surface area contributed by atoms with E-state index in [1.54, 1.807) is 6.07 Å². The minimum Gasteiger partial charge on any atom is -0.381 e. The van der Waals surface area contributed by atoms with E-state index in [1.165, 1.54) is 6.07 Å². The smallest absolute Gasteiger partial charge is 0.261 e. The SMILES string of the molecule is NCCNc1cc2[nH]c(=O)c(-c3nc4ccccc4[nH]3)c(N[C@H]3CN4CCC3CC4)c2cc1F. The predicted octanol–water partition coefficient (Wildman–Crippen LogP) is 3.09. The van der Waals surface area contributed by atoms with Crippen molar-refractivity contribution >= 4 is 33.3 Å². The number of hydrogen-bond donors (Lipinski definition) is 5. The van der Waals surface area contributed by atoms with Gasteiger partial charge in [-0.3, -0.25) is 4.79 Å². The first-order valence-corrected chi connectivity index (χ1v) is 11.9. The zero-order valence-corrected chi connectivity index (χ0v) is 18.8. The van der Waals surface area contributed by atoms with Crippen molar-refractivity contribution in [2.24, 2.45) is 11.7 Å². The molecule has 3 aliphatic heterocycles. The van der Waals surface area contributed by atoms with Gasteiger partial charge in [-0.1, -0.05) is 12.1 Å². The molecule has 0 saturated carbocycles. The third-order valence-corrected chi connectivity index (χ3v) is 7.17. The van der Waals surface area contributed by atoms with Gasteiger partial charge in [0.15, 0.2) is 0 Å². The fourth-order valence-electron chi connectivity index (χ4n) is 5.42. The number of halogens is 1. The van der Waals surface area contributed by atoms with Crippen molar-refractivity contribution in [3.63, 3.8) is 0 Å². The van der Waals surface area contributed by atoms with Crippen molar-refractivity contribution in [1.29, 1.82) is 0 Å². The number of hydrogen-bond acceptors (Lipinski definition) is 6. The van der Waals surface area contributed by atoms with E-state index >= 15 is 4.39 Å². The van der Waals surface area contributed by atoms with Gasteiger partial charge in [0, 0.05) is 31.1 Å². The normalized spacial score (nSPS) is 21.9. The van der Waals surface area contributed by atoms with E-state index in [9.17, 15) is 4.79 Å². The van der Waals surface area contributed by atoms with Crippen LogP contribution in [0.2, 0.25) is 0 Å². The molecule has 2 bridgehead atoms. The summed E-state index contributed by atoms with van der Waals surface area (Å²) < 4.78 is 15.1. The fourth-order valence-corrected chi connectivity index (χ4v) is 5.42. The van der Waals surface area contributed by atoms with Crippen LogP contribution >= 0.6 is 0 Å². The highest BCUT2D eigenvalue weighted by atomic mass is 19.1. The monoisotopic (exact) mass is 461 g/mol. The molecule has 0 spiro atoms. The van der Waals surface area contributed by atoms with Crippen LogP contribution in [0.15, 0.2) is 41.2 Å². The molecule has 0 radical (unpaired) electrons. The first kappa shape index (κ1) is 21.1. The molecular weight excluding hydrogens is 433 g/mol. The van der Waals surface area contributed by atoms with E-state index in [0.717, 1.165) is 43.5 Å². The van der Waals surface area contributed by atoms with Crippen LogP contribution in [0.4, 0.5) is 15.8 Å². The number of fused-ring (bicyclic) bond motifs is 5. The zero-order valence-electron chi connectivity index (χ0n) is 18.8. The molecule has 4 aromatic rings. The fraction of sp³-hybridized carbons (Fsp3) is 0.360. The van der Waals surface area contributed by atoms with Crippen molar-refractivity contribution in [2.75, 3.05) is 43.4 Å². The molecule has 34 heavy (non-hydrogen) atoms. The summed E-state index contributed by atoms with van der Waals surface area (Å²) in [6.45, 7) is 3.96. The molecule has 3 saturated heterocycles. The maximum absolute atomic E-state index is 15.1. The Kier molecular flexibility index (Phi) is 5.23. The third kappa shape index (κ3) is 3.61. The maximum atomic E-state index is 15.1. The van der Waals surface area contributed by atoms with Crippen LogP contribution in [0, 0.1) is 11.7 Å². The van der Waals surface area contributed by atoms with Gasteiger partial charge in [-0.2, -0.15) is 0 Å². The van der Waals surface area contributed by atoms with Gasteiger partial charge in [-0.25, -0.2) is 9.37 Å². The highest BCUT2D eigenvalue weighted by molar-refractivity contribution is 6.00. The van der Waals surface area contributed by atoms with Crippen LogP contribution in [-0.4, -0.2) is 58.6 Å². The Morgan fingerprint density at radius 3 is 2.71 bits per heavy atom. The summed E-state index contributed by atoms with van der Waals surface area (Å²) in [7, 11) is 0. The number of aromatic nitrogens is 3. The van der Waals surface area contributed by atoms with Gasteiger partial charge in [-0.15, -0.1) is 0 Å². The molecule has 7 rings (SSSR count). The number of H-pyrrole nitrogens is 2. The average Bonchev–Trinajstić information content (AvgIpc) is 3.28. The molecule has 176 valence electrons. The summed E-state index contributed by atoms with van der Waals surface area (Å²) in [6.07, 6.45) is 2.25. The second kappa shape index (κ2) is 8.41. The molecule has 0 aliphatic carbocycles. The molecule has 5 heterocycles. The summed E-state index contributed by atoms with van der Waals surface area (Å²) in [5, 5.41) is 7.29. The molecule has 0 unspecified atom stereocenters. The Morgan fingerprint density at radius 1 is 1.15 bits per heavy atom. The molecule has 0 amide bonds. The van der Waals surface area contributed by atoms with Crippen LogP contribution in [0.25, 0.3) is 33.3 Å². The number of nitrogens with two attached hydrogens (primary N) is 1. The molecular formula is C25H28FN7O. The van der Waals surface area contributed by atoms with Crippen LogP contribution in [-0.2, 0) is 0 Å². The lowest BCUT2D eigenvalue weighted by molar-refractivity contribution is 0.0976. The summed E-state index contributed by atoms with van der Waals surface area (Å²) in [5.41, 5.74) is 8.83. The van der Waals surface area contributed by atoms with Gasteiger partial charge in [0.25, 0.3) is 5.56 Å². The minimum absolute atomic E-state index is 0.189. The second-order valence-electron chi connectivity index (χ2n) is 9.29. The van der Waals surface area contributed by atoms with E-state index < -0.39 is 0 Å². The van der Waals surface area contributed by atoms with Gasteiger partial charge in [0.05, 0.1) is 27.9 Å². The Labute approximate surface area is 195 Å². The summed E-state index contributed by atoms with van der Waals surface area (Å²) in [6, 6.07) is 11.0. The van der Waals surface area contributed by atoms with E-state index in [-0.39, 0.29) is 17.4 Å². The van der Waals surface area contributed by atoms with Gasteiger partial charge < -0.3 is 31.2 Å². The second-order valence-corrected chi connectivity index (χ2v) is 9.29. The number of imidazole rings is 1. The largest absolute Gasteiger partial charge is 0.381 e. The highest BCUT2D eigenvalue weighted by Gasteiger charge is 2.35. The van der Waals surface area contributed by atoms with Crippen molar-refractivity contribution in [1.82, 2.24) is 19.9 Å². The molecule has 2 aromatic carbocycles. The molecule has 6 N–H and O–H groups in total. The first-order valence-electron chi connectivity index (χ1n) is 11.9. The third-order valence-electron chi connectivity index (χ3n) is 7.17. The van der Waals surface area contributed by atoms with Crippen LogP contribution in [0.5, 0.6) is 0 Å². The molecule has 3 fully saturated rings. The number of rotatable bonds is 6. The number of pyridine rings is 1. The van der Waals surface area contributed by atoms with Crippen molar-refractivity contribution in [3.8, 4) is 11.4 Å². The number of benzene rings is 2. The van der Waals surface area contributed by atoms with E-state index in [1.807, 2.05) is 24.3 Å². The van der Waals surface area contributed by atoms with Crippen LogP contribution in [0.3, 0.4) is 0 Å². The van der Waals surface area contributed by atoms with E-state index in [4.69, 9.17) is 5.73 Å². The van der Waals surface area contributed by atoms with Crippen molar-refractivity contribution < 1.29 is 4.39 Å². The standard InChI is InChI=1S/C25H28FN7O/c26-16-11-15-19(12-20(16)28-8-7-27)32-25(34)22(24-30-17-3-1-2-4-18(17)31-24)23(15)29-21-13-33-9-5-14(21)6-10-33/h1-4,11-12,14,21,28H,5-10,13,27H2,(H,30,31)(H2,29,32,34)/t21-/m0/s1. The molecule has 8 nitrogen and oxygen atoms in total. The van der Waals surface area contributed by atoms with Crippen molar-refractivity contribution in [3.05, 3.63) is 52.6 Å². The molecule has 2 aromatic heterocycles. The Morgan fingerprint density at radius 2 is 1.97 bits per heavy atom. The lowest BCUT2D eigenvalue weighted by Crippen LogP contribution is -2.53. The number of piperidine rings is 3. The van der Waals surface area contributed by atoms with Gasteiger partial charge in [0.2, 0.25) is 0 Å².